The number of hydrogen-bond acceptors (Lipinski definition) is 3. The Bertz CT molecular complexity index is 277. The second-order valence-electron chi connectivity index (χ2n) is 3.97. The molecule has 0 saturated carbocycles. The van der Waals surface area contributed by atoms with Crippen molar-refractivity contribution in [1.82, 2.24) is 9.62 Å². The first-order chi connectivity index (χ1) is 6.49. The zero-order valence-electron chi connectivity index (χ0n) is 9.16. The summed E-state index contributed by atoms with van der Waals surface area (Å²) in [5.74, 6) is 0.448. The predicted octanol–water partition coefficient (Wildman–Crippen LogP) is 0.266. The third-order valence-electron chi connectivity index (χ3n) is 3.06. The number of nitrogens with one attached hydrogen (secondary N) is 1. The molecule has 0 amide bonds. The first-order valence-corrected chi connectivity index (χ1v) is 6.96. The molecular formula is C9H20N2O2S. The minimum absolute atomic E-state index is 0.448. The number of piperidine rings is 1. The van der Waals surface area contributed by atoms with Crippen molar-refractivity contribution in [2.45, 2.75) is 25.8 Å². The molecule has 1 N–H and O–H groups in total. The fraction of sp³-hybridized carbons (Fsp3) is 1.00. The Morgan fingerprint density at radius 1 is 1.50 bits per heavy atom. The minimum atomic E-state index is -2.99. The van der Waals surface area contributed by atoms with Gasteiger partial charge in [-0.25, -0.2) is 12.7 Å². The zero-order valence-corrected chi connectivity index (χ0v) is 9.97. The first-order valence-electron chi connectivity index (χ1n) is 5.11. The molecule has 0 aliphatic carbocycles. The number of hydrogen-bond donors (Lipinski definition) is 1. The van der Waals surface area contributed by atoms with Gasteiger partial charge in [-0.15, -0.1) is 0 Å². The van der Waals surface area contributed by atoms with E-state index in [0.29, 0.717) is 25.0 Å². The quantitative estimate of drug-likeness (QED) is 0.742. The second-order valence-corrected chi connectivity index (χ2v) is 5.96. The van der Waals surface area contributed by atoms with Crippen LogP contribution in [0.15, 0.2) is 0 Å². The van der Waals surface area contributed by atoms with E-state index in [0.717, 1.165) is 12.8 Å². The van der Waals surface area contributed by atoms with E-state index in [2.05, 4.69) is 12.2 Å². The smallest absolute Gasteiger partial charge is 0.211 e. The van der Waals surface area contributed by atoms with E-state index < -0.39 is 10.0 Å². The molecule has 0 aromatic carbocycles. The van der Waals surface area contributed by atoms with Gasteiger partial charge < -0.3 is 5.32 Å². The summed E-state index contributed by atoms with van der Waals surface area (Å²) in [5.41, 5.74) is 0. The van der Waals surface area contributed by atoms with E-state index in [9.17, 15) is 8.42 Å². The molecule has 84 valence electrons. The fourth-order valence-electron chi connectivity index (χ4n) is 2.09. The van der Waals surface area contributed by atoms with Crippen LogP contribution in [-0.4, -0.2) is 45.2 Å². The summed E-state index contributed by atoms with van der Waals surface area (Å²) in [5, 5.41) is 3.26. The molecule has 0 spiro atoms. The van der Waals surface area contributed by atoms with Crippen LogP contribution in [-0.2, 0) is 10.0 Å². The number of sulfonamides is 1. The number of nitrogens with zero attached hydrogens (tertiary/aromatic N) is 1. The van der Waals surface area contributed by atoms with Crippen molar-refractivity contribution in [1.29, 1.82) is 0 Å². The van der Waals surface area contributed by atoms with Gasteiger partial charge in [0.15, 0.2) is 0 Å². The summed E-state index contributed by atoms with van der Waals surface area (Å²) < 4.78 is 24.3. The molecular weight excluding hydrogens is 200 g/mol. The van der Waals surface area contributed by atoms with Gasteiger partial charge in [-0.2, -0.15) is 0 Å². The highest BCUT2D eigenvalue weighted by Gasteiger charge is 2.30. The third kappa shape index (κ3) is 2.68. The van der Waals surface area contributed by atoms with Crippen LogP contribution in [0.1, 0.15) is 19.8 Å². The van der Waals surface area contributed by atoms with Gasteiger partial charge in [0.1, 0.15) is 0 Å². The normalized spacial score (nSPS) is 30.5. The summed E-state index contributed by atoms with van der Waals surface area (Å²) in [4.78, 5) is 0. The second kappa shape index (κ2) is 4.59. The summed E-state index contributed by atoms with van der Waals surface area (Å²) in [7, 11) is -1.05. The molecule has 0 aromatic heterocycles. The van der Waals surface area contributed by atoms with Gasteiger partial charge in [0.25, 0.3) is 0 Å². The summed E-state index contributed by atoms with van der Waals surface area (Å²) >= 11 is 0. The van der Waals surface area contributed by atoms with E-state index in [-0.39, 0.29) is 0 Å². The lowest BCUT2D eigenvalue weighted by Gasteiger charge is -2.36. The van der Waals surface area contributed by atoms with E-state index in [1.807, 2.05) is 7.05 Å². The van der Waals surface area contributed by atoms with Gasteiger partial charge in [0, 0.05) is 19.1 Å². The largest absolute Gasteiger partial charge is 0.317 e. The van der Waals surface area contributed by atoms with Crippen LogP contribution in [0.3, 0.4) is 0 Å². The molecule has 0 aromatic rings. The lowest BCUT2D eigenvalue weighted by atomic mass is 9.91. The lowest BCUT2D eigenvalue weighted by molar-refractivity contribution is 0.210. The Hall–Kier alpha value is -0.130. The molecule has 1 fully saturated rings. The average Bonchev–Trinajstić information content (AvgIpc) is 2.15. The topological polar surface area (TPSA) is 49.4 Å². The van der Waals surface area contributed by atoms with Gasteiger partial charge in [-0.3, -0.25) is 0 Å². The maximum atomic E-state index is 11.3. The van der Waals surface area contributed by atoms with Gasteiger partial charge in [-0.1, -0.05) is 13.3 Å². The van der Waals surface area contributed by atoms with Gasteiger partial charge in [-0.05, 0) is 19.4 Å². The van der Waals surface area contributed by atoms with Crippen LogP contribution < -0.4 is 5.32 Å². The average molecular weight is 220 g/mol. The molecule has 1 aliphatic heterocycles. The lowest BCUT2D eigenvalue weighted by Crippen LogP contribution is -2.49. The molecule has 0 bridgehead atoms. The van der Waals surface area contributed by atoms with Crippen molar-refractivity contribution >= 4 is 10.0 Å². The molecule has 5 heteroatoms. The summed E-state index contributed by atoms with van der Waals surface area (Å²) in [6.45, 7) is 3.43. The maximum Gasteiger partial charge on any atom is 0.211 e. The Kier molecular flexibility index (Phi) is 3.92. The third-order valence-corrected chi connectivity index (χ3v) is 4.33. The Balaban J connectivity index is 2.66. The molecule has 14 heavy (non-hydrogen) atoms. The SMILES string of the molecule is CCC1CN(S(C)(=O)=O)CCC1NC. The van der Waals surface area contributed by atoms with E-state index in [4.69, 9.17) is 0 Å². The molecule has 1 heterocycles. The molecule has 2 atom stereocenters. The van der Waals surface area contributed by atoms with Crippen molar-refractivity contribution in [3.8, 4) is 0 Å². The molecule has 1 saturated heterocycles. The van der Waals surface area contributed by atoms with E-state index in [1.54, 1.807) is 4.31 Å². The summed E-state index contributed by atoms with van der Waals surface area (Å²) in [6, 6.07) is 0.470. The van der Waals surface area contributed by atoms with Crippen LogP contribution in [0.4, 0.5) is 0 Å². The fourth-order valence-corrected chi connectivity index (χ4v) is 2.99. The van der Waals surface area contributed by atoms with Crippen LogP contribution in [0.25, 0.3) is 0 Å². The van der Waals surface area contributed by atoms with E-state index in [1.165, 1.54) is 6.26 Å². The van der Waals surface area contributed by atoms with E-state index >= 15 is 0 Å². The monoisotopic (exact) mass is 220 g/mol. The van der Waals surface area contributed by atoms with Gasteiger partial charge >= 0.3 is 0 Å². The molecule has 2 unspecified atom stereocenters. The zero-order chi connectivity index (χ0) is 10.8. The van der Waals surface area contributed by atoms with Crippen LogP contribution in [0, 0.1) is 5.92 Å². The van der Waals surface area contributed by atoms with Crippen LogP contribution in [0.5, 0.6) is 0 Å². The molecule has 0 radical (unpaired) electrons. The van der Waals surface area contributed by atoms with Crippen molar-refractivity contribution in [3.05, 3.63) is 0 Å². The first kappa shape index (κ1) is 11.9. The number of rotatable bonds is 3. The summed E-state index contributed by atoms with van der Waals surface area (Å²) in [6.07, 6.45) is 3.24. The minimum Gasteiger partial charge on any atom is -0.317 e. The Morgan fingerprint density at radius 3 is 2.57 bits per heavy atom. The van der Waals surface area contributed by atoms with Gasteiger partial charge in [0.2, 0.25) is 10.0 Å². The molecule has 1 rings (SSSR count). The van der Waals surface area contributed by atoms with Crippen molar-refractivity contribution in [2.75, 3.05) is 26.4 Å². The van der Waals surface area contributed by atoms with Crippen molar-refractivity contribution < 1.29 is 8.42 Å². The standard InChI is InChI=1S/C9H20N2O2S/c1-4-8-7-11(14(3,12)13)6-5-9(8)10-2/h8-10H,4-7H2,1-3H3. The highest BCUT2D eigenvalue weighted by atomic mass is 32.2. The highest BCUT2D eigenvalue weighted by molar-refractivity contribution is 7.88. The van der Waals surface area contributed by atoms with Crippen LogP contribution >= 0.6 is 0 Å². The maximum absolute atomic E-state index is 11.3. The van der Waals surface area contributed by atoms with Gasteiger partial charge in [0.05, 0.1) is 6.26 Å². The Morgan fingerprint density at radius 2 is 2.14 bits per heavy atom. The molecule has 1 aliphatic rings. The predicted molar refractivity (Wildman–Crippen MR) is 57.7 cm³/mol. The Labute approximate surface area is 86.7 Å². The van der Waals surface area contributed by atoms with Crippen LogP contribution in [0.2, 0.25) is 0 Å². The van der Waals surface area contributed by atoms with Crippen molar-refractivity contribution in [2.24, 2.45) is 5.92 Å². The van der Waals surface area contributed by atoms with Crippen molar-refractivity contribution in [3.63, 3.8) is 0 Å². The highest BCUT2D eigenvalue weighted by Crippen LogP contribution is 2.21. The molecule has 4 nitrogen and oxygen atoms in total.